The summed E-state index contributed by atoms with van der Waals surface area (Å²) in [6.45, 7) is 10.7. The second-order valence-electron chi connectivity index (χ2n) is 22.1. The third-order valence-corrected chi connectivity index (χ3v) is 15.6. The van der Waals surface area contributed by atoms with Gasteiger partial charge in [-0.25, -0.2) is 34.0 Å². The van der Waals surface area contributed by atoms with Crippen LogP contribution in [-0.2, 0) is 52.7 Å². The van der Waals surface area contributed by atoms with Gasteiger partial charge >= 0.3 is 54.3 Å². The Hall–Kier alpha value is -6.12. The normalized spacial score (nSPS) is 21.5. The number of guanidine groups is 2. The Morgan fingerprint density at radius 1 is 0.619 bits per heavy atom. The van der Waals surface area contributed by atoms with Crippen LogP contribution in [0.3, 0.4) is 0 Å². The van der Waals surface area contributed by atoms with E-state index in [1.807, 2.05) is 0 Å². The highest BCUT2D eigenvalue weighted by molar-refractivity contribution is 8.00. The summed E-state index contributed by atoms with van der Waals surface area (Å²) in [5, 5.41) is 32.7. The van der Waals surface area contributed by atoms with Crippen LogP contribution in [0.2, 0.25) is 0 Å². The Morgan fingerprint density at radius 3 is 1.39 bits per heavy atom. The number of aliphatic imine (C=N–C) groups is 2. The number of amides is 6. The van der Waals surface area contributed by atoms with Gasteiger partial charge in [-0.05, 0) is 106 Å². The number of ether oxygens (including phenoxy) is 2. The summed E-state index contributed by atoms with van der Waals surface area (Å²) < 4.78 is 84.4. The zero-order valence-corrected chi connectivity index (χ0v) is 49.3. The van der Waals surface area contributed by atoms with Crippen molar-refractivity contribution >= 4 is 94.9 Å². The molecule has 0 spiro atoms. The lowest BCUT2D eigenvalue weighted by molar-refractivity contribution is -0.197. The van der Waals surface area contributed by atoms with Gasteiger partial charge in [-0.2, -0.15) is 49.9 Å². The maximum atomic E-state index is 12.4. The van der Waals surface area contributed by atoms with Gasteiger partial charge in [-0.3, -0.25) is 34.6 Å². The number of nitrogens with two attached hydrogens (primary N) is 1. The van der Waals surface area contributed by atoms with Gasteiger partial charge in [0.2, 0.25) is 0 Å². The van der Waals surface area contributed by atoms with E-state index in [-0.39, 0.29) is 78.1 Å². The Balaban J connectivity index is 0.000000355. The minimum Gasteiger partial charge on any atom is -0.480 e. The molecule has 0 bridgehead atoms. The molecule has 5 heterocycles. The SMILES string of the molecule is CC(C)(C)OC(=O)N[C@@H](CCCCCC(=O)CCCC[C@@H]1SCC2NC(NC(=O)C(F)(F)F)=N[C@@H]21)C(=O)O.CC(C)(C)OC(=O)N[C@@H](CCCCN)C(=O)O.O=C(CCCC[C@@H]1SCC2NC(NC(=O)C(F)(F)F)=N[C@@H]21)ON1C(=O)CCC1=O. The van der Waals surface area contributed by atoms with E-state index in [9.17, 15) is 79.4 Å². The van der Waals surface area contributed by atoms with Crippen LogP contribution < -0.4 is 37.6 Å². The second kappa shape index (κ2) is 33.5. The summed E-state index contributed by atoms with van der Waals surface area (Å²) in [6, 6.07) is -2.70. The Labute approximate surface area is 490 Å². The number of Topliss-reactive ketones (excluding diaryl/α,β-unsaturated/α-hetero) is 1. The number of ketones is 1. The number of carbonyl (C=O) groups is 10. The van der Waals surface area contributed by atoms with E-state index >= 15 is 0 Å². The molecule has 5 aliphatic rings. The first-order valence-electron chi connectivity index (χ1n) is 27.5. The number of carbonyl (C=O) groups excluding carboxylic acids is 8. The summed E-state index contributed by atoms with van der Waals surface area (Å²) in [4.78, 5) is 127. The number of halogens is 6. The molecule has 10 N–H and O–H groups in total. The van der Waals surface area contributed by atoms with Crippen LogP contribution in [0, 0.1) is 0 Å². The largest absolute Gasteiger partial charge is 0.480 e. The first kappa shape index (κ1) is 72.1. The molecule has 6 amide bonds. The summed E-state index contributed by atoms with van der Waals surface area (Å²) in [6.07, 6.45) is -2.66. The Bertz CT molecular complexity index is 2360. The van der Waals surface area contributed by atoms with E-state index in [0.29, 0.717) is 93.7 Å². The zero-order valence-electron chi connectivity index (χ0n) is 47.7. The molecule has 33 heteroatoms. The number of thioether (sulfide) groups is 2. The summed E-state index contributed by atoms with van der Waals surface area (Å²) in [5.74, 6) is -6.91. The average molecular weight is 1250 g/mol. The fraction of sp³-hybridized carbons (Fsp3) is 0.765. The molecule has 5 rings (SSSR count). The summed E-state index contributed by atoms with van der Waals surface area (Å²) in [5.41, 5.74) is 3.95. The van der Waals surface area contributed by atoms with E-state index in [4.69, 9.17) is 25.2 Å². The van der Waals surface area contributed by atoms with Crippen molar-refractivity contribution in [2.24, 2.45) is 15.7 Å². The number of rotatable bonds is 25. The predicted octanol–water partition coefficient (Wildman–Crippen LogP) is 5.27. The fourth-order valence-corrected chi connectivity index (χ4v) is 11.7. The van der Waals surface area contributed by atoms with E-state index < -0.39 is 89.4 Å². The molecule has 8 atom stereocenters. The van der Waals surface area contributed by atoms with Gasteiger partial charge in [0.15, 0.2) is 11.9 Å². The minimum atomic E-state index is -4.98. The van der Waals surface area contributed by atoms with Crippen molar-refractivity contribution in [2.45, 2.75) is 227 Å². The molecule has 3 fully saturated rings. The molecule has 0 aromatic rings. The highest BCUT2D eigenvalue weighted by atomic mass is 32.2. The smallest absolute Gasteiger partial charge is 0.471 e. The Kier molecular flexibility index (Phi) is 28.8. The van der Waals surface area contributed by atoms with Gasteiger partial charge in [0, 0.05) is 54.1 Å². The maximum absolute atomic E-state index is 12.4. The van der Waals surface area contributed by atoms with Crippen LogP contribution in [0.1, 0.15) is 157 Å². The average Bonchev–Trinajstić information content (AvgIpc) is 4.10. The van der Waals surface area contributed by atoms with E-state index in [1.54, 1.807) is 75.7 Å². The van der Waals surface area contributed by atoms with Crippen molar-refractivity contribution in [1.29, 1.82) is 0 Å². The van der Waals surface area contributed by atoms with E-state index in [2.05, 4.69) is 31.3 Å². The molecule has 25 nitrogen and oxygen atoms in total. The van der Waals surface area contributed by atoms with Crippen molar-refractivity contribution in [2.75, 3.05) is 18.1 Å². The predicted molar refractivity (Wildman–Crippen MR) is 294 cm³/mol. The first-order chi connectivity index (χ1) is 39.1. The third kappa shape index (κ3) is 26.9. The fourth-order valence-electron chi connectivity index (χ4n) is 8.66. The van der Waals surface area contributed by atoms with Crippen molar-refractivity contribution in [1.82, 2.24) is 37.0 Å². The zero-order chi connectivity index (χ0) is 63.2. The lowest BCUT2D eigenvalue weighted by atomic mass is 10.0. The van der Waals surface area contributed by atoms with Crippen LogP contribution in [0.25, 0.3) is 0 Å². The van der Waals surface area contributed by atoms with Crippen molar-refractivity contribution in [3.05, 3.63) is 0 Å². The topological polar surface area (TPSA) is 365 Å². The molecule has 84 heavy (non-hydrogen) atoms. The third-order valence-electron chi connectivity index (χ3n) is 12.6. The molecule has 0 aromatic carbocycles. The van der Waals surface area contributed by atoms with Gasteiger partial charge in [0.25, 0.3) is 11.8 Å². The molecular weight excluding hydrogens is 1170 g/mol. The molecule has 0 radical (unpaired) electrons. The molecule has 0 saturated carbocycles. The van der Waals surface area contributed by atoms with Crippen molar-refractivity contribution < 1.29 is 98.8 Å². The second-order valence-corrected chi connectivity index (χ2v) is 24.7. The number of carboxylic acids is 2. The molecular formula is C51H78F6N10O15S2. The van der Waals surface area contributed by atoms with E-state index in [1.165, 1.54) is 0 Å². The van der Waals surface area contributed by atoms with Crippen LogP contribution in [0.5, 0.6) is 0 Å². The van der Waals surface area contributed by atoms with Crippen LogP contribution >= 0.6 is 23.5 Å². The monoisotopic (exact) mass is 1250 g/mol. The van der Waals surface area contributed by atoms with Gasteiger partial charge in [-0.1, -0.05) is 25.7 Å². The van der Waals surface area contributed by atoms with Gasteiger partial charge < -0.3 is 51.5 Å². The molecule has 0 aliphatic carbocycles. The van der Waals surface area contributed by atoms with Gasteiger partial charge in [0.05, 0.1) is 24.2 Å². The number of alkyl halides is 6. The number of alkyl carbamates (subject to hydrolysis) is 2. The number of hydrogen-bond donors (Lipinski definition) is 9. The number of aliphatic carboxylic acids is 2. The quantitative estimate of drug-likeness (QED) is 0.0319. The van der Waals surface area contributed by atoms with Crippen molar-refractivity contribution in [3.63, 3.8) is 0 Å². The molecule has 476 valence electrons. The number of imide groups is 1. The highest BCUT2D eigenvalue weighted by Crippen LogP contribution is 2.37. The lowest BCUT2D eigenvalue weighted by Gasteiger charge is -2.22. The minimum absolute atomic E-state index is 0.0353. The number of carboxylic acid groups (broad SMARTS) is 2. The van der Waals surface area contributed by atoms with Crippen LogP contribution in [0.15, 0.2) is 9.98 Å². The van der Waals surface area contributed by atoms with Crippen molar-refractivity contribution in [3.8, 4) is 0 Å². The number of nitrogens with one attached hydrogen (secondary N) is 6. The number of fused-ring (bicyclic) bond motifs is 2. The summed E-state index contributed by atoms with van der Waals surface area (Å²) >= 11 is 3.31. The molecule has 3 saturated heterocycles. The standard InChI is InChI=1S/C24H37F3N4O6S.C16H19F3N4O5S.C11H22N2O4/c1-23(2,3)37-22(36)29-15(19(33)34)11-6-4-5-9-14(32)10-7-8-12-17-18-16(13-38-17)28-21(30-18)31-20(35)24(25,26)27;17-16(18,19)14(27)22-15-20-8-7-29-9(13(8)21-15)3-1-2-4-12(26)28-23-10(24)5-6-11(23)25;1-11(2,3)17-10(16)13-8(9(14)15)6-4-5-7-12/h15-18H,4-13H2,1-3H3,(H,29,36)(H,33,34)(H2,28,30,31,35);8-9,13H,1-7H2,(H2,20,21,22,27);8H,4-7,12H2,1-3H3,(H,13,16)(H,14,15)/t15-,16?,17-,18-;8?,9-,13-;8-/m000/s1. The molecule has 0 aromatic heterocycles. The van der Waals surface area contributed by atoms with Gasteiger partial charge in [0.1, 0.15) is 29.1 Å². The number of unbranched alkanes of at least 4 members (excludes halogenated alkanes) is 5. The van der Waals surface area contributed by atoms with Crippen LogP contribution in [-0.4, -0.2) is 175 Å². The van der Waals surface area contributed by atoms with Gasteiger partial charge in [-0.15, -0.1) is 5.06 Å². The van der Waals surface area contributed by atoms with Crippen LogP contribution in [0.4, 0.5) is 35.9 Å². The number of nitrogens with zero attached hydrogens (tertiary/aromatic N) is 3. The number of hydroxylamine groups is 2. The molecule has 2 unspecified atom stereocenters. The first-order valence-corrected chi connectivity index (χ1v) is 29.6. The number of hydrogen-bond acceptors (Lipinski definition) is 20. The maximum Gasteiger partial charge on any atom is 0.471 e. The van der Waals surface area contributed by atoms with E-state index in [0.717, 1.165) is 19.3 Å². The lowest BCUT2D eigenvalue weighted by Crippen LogP contribution is -2.47. The Morgan fingerprint density at radius 2 is 1.01 bits per heavy atom. The highest BCUT2D eigenvalue weighted by Gasteiger charge is 2.46. The molecule has 5 aliphatic heterocycles. The summed E-state index contributed by atoms with van der Waals surface area (Å²) in [7, 11) is 0.